The smallest absolute Gasteiger partial charge is 0.0727 e. The lowest BCUT2D eigenvalue weighted by atomic mass is 10.0. The maximum Gasteiger partial charge on any atom is 0.0727 e. The van der Waals surface area contributed by atoms with Gasteiger partial charge in [-0.1, -0.05) is 23.7 Å². The molecule has 1 aromatic carbocycles. The summed E-state index contributed by atoms with van der Waals surface area (Å²) in [6.07, 6.45) is 1.77. The fourth-order valence-electron chi connectivity index (χ4n) is 1.60. The second-order valence-electron chi connectivity index (χ2n) is 3.79. The quantitative estimate of drug-likeness (QED) is 0.864. The highest BCUT2D eigenvalue weighted by atomic mass is 35.5. The van der Waals surface area contributed by atoms with Crippen molar-refractivity contribution in [1.29, 1.82) is 0 Å². The molecule has 2 rings (SSSR count). The SMILES string of the molecule is Cc1ccnc(C(N)c2cccc(Cl)c2)c1. The van der Waals surface area contributed by atoms with Gasteiger partial charge in [-0.3, -0.25) is 4.98 Å². The number of hydrogen-bond acceptors (Lipinski definition) is 2. The molecule has 0 aliphatic rings. The summed E-state index contributed by atoms with van der Waals surface area (Å²) in [5.41, 5.74) is 9.13. The van der Waals surface area contributed by atoms with Gasteiger partial charge in [0.2, 0.25) is 0 Å². The van der Waals surface area contributed by atoms with E-state index in [1.54, 1.807) is 6.20 Å². The molecule has 2 nitrogen and oxygen atoms in total. The first kappa shape index (κ1) is 11.1. The zero-order chi connectivity index (χ0) is 11.5. The van der Waals surface area contributed by atoms with Crippen molar-refractivity contribution in [3.05, 3.63) is 64.4 Å². The van der Waals surface area contributed by atoms with Crippen LogP contribution in [0.4, 0.5) is 0 Å². The highest BCUT2D eigenvalue weighted by molar-refractivity contribution is 6.30. The molecule has 1 unspecified atom stereocenters. The van der Waals surface area contributed by atoms with Gasteiger partial charge in [0.25, 0.3) is 0 Å². The van der Waals surface area contributed by atoms with Crippen LogP contribution in [0.2, 0.25) is 5.02 Å². The zero-order valence-electron chi connectivity index (χ0n) is 9.02. The Kier molecular flexibility index (Phi) is 3.22. The number of nitrogens with two attached hydrogens (primary N) is 1. The normalized spacial score (nSPS) is 12.4. The van der Waals surface area contributed by atoms with Gasteiger partial charge in [0.05, 0.1) is 11.7 Å². The molecule has 0 spiro atoms. The molecule has 0 amide bonds. The molecule has 82 valence electrons. The minimum Gasteiger partial charge on any atom is -0.319 e. The van der Waals surface area contributed by atoms with E-state index in [9.17, 15) is 0 Å². The Balaban J connectivity index is 2.35. The Morgan fingerprint density at radius 3 is 2.75 bits per heavy atom. The van der Waals surface area contributed by atoms with Crippen LogP contribution in [0, 0.1) is 6.92 Å². The third kappa shape index (κ3) is 2.40. The van der Waals surface area contributed by atoms with Crippen LogP contribution in [0.3, 0.4) is 0 Å². The molecule has 0 aliphatic heterocycles. The van der Waals surface area contributed by atoms with Crippen LogP contribution in [-0.2, 0) is 0 Å². The first-order valence-electron chi connectivity index (χ1n) is 5.10. The van der Waals surface area contributed by atoms with Crippen molar-refractivity contribution in [2.24, 2.45) is 5.73 Å². The van der Waals surface area contributed by atoms with Gasteiger partial charge >= 0.3 is 0 Å². The number of rotatable bonds is 2. The van der Waals surface area contributed by atoms with Crippen molar-refractivity contribution in [2.75, 3.05) is 0 Å². The Bertz CT molecular complexity index is 451. The van der Waals surface area contributed by atoms with E-state index in [0.717, 1.165) is 16.8 Å². The van der Waals surface area contributed by atoms with Crippen LogP contribution in [0.1, 0.15) is 22.9 Å². The molecule has 0 radical (unpaired) electrons. The minimum atomic E-state index is -0.224. The molecule has 1 aromatic heterocycles. The first-order chi connectivity index (χ1) is 7.66. The molecule has 0 fully saturated rings. The summed E-state index contributed by atoms with van der Waals surface area (Å²) in [4.78, 5) is 4.28. The van der Waals surface area contributed by atoms with E-state index >= 15 is 0 Å². The number of aromatic nitrogens is 1. The number of aryl methyl sites for hydroxylation is 1. The number of pyridine rings is 1. The molecular weight excluding hydrogens is 220 g/mol. The van der Waals surface area contributed by atoms with Gasteiger partial charge in [0.1, 0.15) is 0 Å². The highest BCUT2D eigenvalue weighted by Crippen LogP contribution is 2.21. The second-order valence-corrected chi connectivity index (χ2v) is 4.23. The summed E-state index contributed by atoms with van der Waals surface area (Å²) in [6, 6.07) is 11.3. The summed E-state index contributed by atoms with van der Waals surface area (Å²) in [7, 11) is 0. The molecule has 2 N–H and O–H groups in total. The maximum absolute atomic E-state index is 6.13. The molecule has 1 heterocycles. The van der Waals surface area contributed by atoms with E-state index in [1.807, 2.05) is 43.3 Å². The van der Waals surface area contributed by atoms with Crippen LogP contribution in [0.25, 0.3) is 0 Å². The largest absolute Gasteiger partial charge is 0.319 e. The Labute approximate surface area is 100 Å². The van der Waals surface area contributed by atoms with Gasteiger partial charge in [-0.05, 0) is 42.3 Å². The molecule has 0 bridgehead atoms. The van der Waals surface area contributed by atoms with Crippen molar-refractivity contribution in [3.8, 4) is 0 Å². The second kappa shape index (κ2) is 4.64. The van der Waals surface area contributed by atoms with Crippen LogP contribution in [0.15, 0.2) is 42.6 Å². The third-order valence-corrected chi connectivity index (χ3v) is 2.70. The highest BCUT2D eigenvalue weighted by Gasteiger charge is 2.10. The lowest BCUT2D eigenvalue weighted by Gasteiger charge is -2.12. The number of benzene rings is 1. The van der Waals surface area contributed by atoms with Gasteiger partial charge in [0.15, 0.2) is 0 Å². The van der Waals surface area contributed by atoms with Crippen molar-refractivity contribution in [1.82, 2.24) is 4.98 Å². The van der Waals surface area contributed by atoms with Crippen LogP contribution in [0.5, 0.6) is 0 Å². The van der Waals surface area contributed by atoms with Gasteiger partial charge in [0, 0.05) is 11.2 Å². The Morgan fingerprint density at radius 2 is 2.06 bits per heavy atom. The molecule has 3 heteroatoms. The predicted octanol–water partition coefficient (Wildman–Crippen LogP) is 3.09. The van der Waals surface area contributed by atoms with E-state index in [1.165, 1.54) is 0 Å². The summed E-state index contributed by atoms with van der Waals surface area (Å²) in [5.74, 6) is 0. The molecule has 0 aliphatic carbocycles. The lowest BCUT2D eigenvalue weighted by molar-refractivity contribution is 0.826. The first-order valence-corrected chi connectivity index (χ1v) is 5.48. The lowest BCUT2D eigenvalue weighted by Crippen LogP contribution is -2.13. The number of nitrogens with zero attached hydrogens (tertiary/aromatic N) is 1. The monoisotopic (exact) mass is 232 g/mol. The molecular formula is C13H13ClN2. The van der Waals surface area contributed by atoms with Crippen molar-refractivity contribution in [2.45, 2.75) is 13.0 Å². The van der Waals surface area contributed by atoms with E-state index in [2.05, 4.69) is 4.98 Å². The summed E-state index contributed by atoms with van der Waals surface area (Å²) < 4.78 is 0. The molecule has 0 saturated heterocycles. The van der Waals surface area contributed by atoms with Crippen molar-refractivity contribution < 1.29 is 0 Å². The summed E-state index contributed by atoms with van der Waals surface area (Å²) in [5, 5.41) is 0.695. The van der Waals surface area contributed by atoms with Crippen LogP contribution >= 0.6 is 11.6 Å². The molecule has 1 atom stereocenters. The van der Waals surface area contributed by atoms with E-state index in [0.29, 0.717) is 5.02 Å². The Hall–Kier alpha value is -1.38. The molecule has 2 aromatic rings. The average molecular weight is 233 g/mol. The van der Waals surface area contributed by atoms with E-state index in [-0.39, 0.29) is 6.04 Å². The standard InChI is InChI=1S/C13H13ClN2/c1-9-5-6-16-12(7-9)13(15)10-3-2-4-11(14)8-10/h2-8,13H,15H2,1H3. The number of halogens is 1. The maximum atomic E-state index is 6.13. The third-order valence-electron chi connectivity index (χ3n) is 2.46. The summed E-state index contributed by atoms with van der Waals surface area (Å²) in [6.45, 7) is 2.02. The van der Waals surface area contributed by atoms with Gasteiger partial charge in [-0.15, -0.1) is 0 Å². The summed E-state index contributed by atoms with van der Waals surface area (Å²) >= 11 is 5.93. The van der Waals surface area contributed by atoms with E-state index in [4.69, 9.17) is 17.3 Å². The fraction of sp³-hybridized carbons (Fsp3) is 0.154. The Morgan fingerprint density at radius 1 is 1.25 bits per heavy atom. The number of hydrogen-bond donors (Lipinski definition) is 1. The zero-order valence-corrected chi connectivity index (χ0v) is 9.78. The van der Waals surface area contributed by atoms with Crippen LogP contribution < -0.4 is 5.73 Å². The van der Waals surface area contributed by atoms with Crippen molar-refractivity contribution in [3.63, 3.8) is 0 Å². The molecule has 16 heavy (non-hydrogen) atoms. The van der Waals surface area contributed by atoms with Crippen molar-refractivity contribution >= 4 is 11.6 Å². The average Bonchev–Trinajstić information content (AvgIpc) is 2.28. The van der Waals surface area contributed by atoms with Gasteiger partial charge in [-0.25, -0.2) is 0 Å². The van der Waals surface area contributed by atoms with E-state index < -0.39 is 0 Å². The molecule has 0 saturated carbocycles. The van der Waals surface area contributed by atoms with Gasteiger partial charge < -0.3 is 5.73 Å². The van der Waals surface area contributed by atoms with Crippen LogP contribution in [-0.4, -0.2) is 4.98 Å². The minimum absolute atomic E-state index is 0.224. The predicted molar refractivity (Wildman–Crippen MR) is 66.5 cm³/mol. The van der Waals surface area contributed by atoms with Gasteiger partial charge in [-0.2, -0.15) is 0 Å². The fourth-order valence-corrected chi connectivity index (χ4v) is 1.80. The topological polar surface area (TPSA) is 38.9 Å².